The standard InChI is InChI=1S/C18H22O3.C11H16O3.C7H8O.CH4/c1-11-2-3-15(19)14(4-11)17-6-12-5-13(7-17)9-18(8-12,10-17)16(20)21;12-9(13)10-2-7-1-8(3-10)5-11(14,4-7)6-10;1-6-2-4-7(8)5-3-6;/h2-4,12-13,19H,5-10H2,1H3,(H,20,21);7-8,14H,1-6H2,(H,12,13);2-5,8H,1H3;1H4. The van der Waals surface area contributed by atoms with E-state index in [1.807, 2.05) is 32.0 Å². The zero-order valence-corrected chi connectivity index (χ0v) is 25.4. The van der Waals surface area contributed by atoms with Crippen molar-refractivity contribution in [3.63, 3.8) is 0 Å². The third-order valence-corrected chi connectivity index (χ3v) is 11.8. The molecule has 4 unspecified atom stereocenters. The Kier molecular flexibility index (Phi) is 8.37. The molecule has 0 saturated heterocycles. The van der Waals surface area contributed by atoms with Crippen LogP contribution in [-0.4, -0.2) is 43.1 Å². The predicted molar refractivity (Wildman–Crippen MR) is 169 cm³/mol. The fourth-order valence-corrected chi connectivity index (χ4v) is 10.9. The van der Waals surface area contributed by atoms with E-state index < -0.39 is 28.4 Å². The number of hydrogen-bond donors (Lipinski definition) is 5. The molecule has 8 aliphatic rings. The van der Waals surface area contributed by atoms with Crippen LogP contribution in [0.1, 0.15) is 101 Å². The van der Waals surface area contributed by atoms with Gasteiger partial charge in [-0.25, -0.2) is 0 Å². The normalized spacial score (nSPS) is 38.4. The second-order valence-electron chi connectivity index (χ2n) is 15.5. The minimum Gasteiger partial charge on any atom is -0.508 e. The largest absolute Gasteiger partial charge is 0.508 e. The summed E-state index contributed by atoms with van der Waals surface area (Å²) < 4.78 is 0. The number of benzene rings is 2. The van der Waals surface area contributed by atoms with Crippen molar-refractivity contribution >= 4 is 11.9 Å². The molecule has 240 valence electrons. The summed E-state index contributed by atoms with van der Waals surface area (Å²) in [6.45, 7) is 4.02. The number of aromatic hydroxyl groups is 2. The van der Waals surface area contributed by atoms with Gasteiger partial charge in [-0.15, -0.1) is 0 Å². The van der Waals surface area contributed by atoms with Crippen molar-refractivity contribution in [3.8, 4) is 11.5 Å². The van der Waals surface area contributed by atoms with Crippen LogP contribution in [0.2, 0.25) is 0 Å². The molecule has 8 saturated carbocycles. The molecule has 44 heavy (non-hydrogen) atoms. The van der Waals surface area contributed by atoms with Crippen LogP contribution >= 0.6 is 0 Å². The van der Waals surface area contributed by atoms with E-state index in [2.05, 4.69) is 6.07 Å². The van der Waals surface area contributed by atoms with Gasteiger partial charge in [-0.2, -0.15) is 0 Å². The van der Waals surface area contributed by atoms with E-state index in [0.717, 1.165) is 68.9 Å². The Labute approximate surface area is 261 Å². The van der Waals surface area contributed by atoms with E-state index in [0.29, 0.717) is 48.0 Å². The minimum atomic E-state index is -0.676. The topological polar surface area (TPSA) is 135 Å². The summed E-state index contributed by atoms with van der Waals surface area (Å²) in [4.78, 5) is 23.2. The quantitative estimate of drug-likeness (QED) is 0.246. The molecule has 2 aromatic carbocycles. The Balaban J connectivity index is 0.000000144. The second-order valence-corrected chi connectivity index (χ2v) is 15.5. The first-order valence-corrected chi connectivity index (χ1v) is 16.0. The first-order chi connectivity index (χ1) is 20.2. The molecule has 0 aromatic heterocycles. The molecular formula is C37H50O7. The molecule has 8 fully saturated rings. The number of aryl methyl sites for hydroxylation is 2. The van der Waals surface area contributed by atoms with Crippen LogP contribution in [0, 0.1) is 48.3 Å². The van der Waals surface area contributed by atoms with E-state index in [9.17, 15) is 30.0 Å². The molecule has 2 aromatic rings. The lowest BCUT2D eigenvalue weighted by Gasteiger charge is -2.60. The Morgan fingerprint density at radius 2 is 1.11 bits per heavy atom. The lowest BCUT2D eigenvalue weighted by Crippen LogP contribution is -2.58. The lowest BCUT2D eigenvalue weighted by molar-refractivity contribution is -0.191. The molecule has 0 amide bonds. The highest BCUT2D eigenvalue weighted by molar-refractivity contribution is 5.76. The fourth-order valence-electron chi connectivity index (χ4n) is 10.9. The predicted octanol–water partition coefficient (Wildman–Crippen LogP) is 7.36. The van der Waals surface area contributed by atoms with Crippen LogP contribution in [0.5, 0.6) is 11.5 Å². The van der Waals surface area contributed by atoms with Gasteiger partial charge in [0.2, 0.25) is 0 Å². The van der Waals surface area contributed by atoms with Gasteiger partial charge in [0.15, 0.2) is 0 Å². The summed E-state index contributed by atoms with van der Waals surface area (Å²) in [6.07, 6.45) is 10.6. The maximum Gasteiger partial charge on any atom is 0.309 e. The summed E-state index contributed by atoms with van der Waals surface area (Å²) in [6, 6.07) is 12.9. The van der Waals surface area contributed by atoms with Crippen LogP contribution in [0.15, 0.2) is 42.5 Å². The maximum absolute atomic E-state index is 11.9. The summed E-state index contributed by atoms with van der Waals surface area (Å²) in [5.74, 6) is 1.36. The van der Waals surface area contributed by atoms with E-state index in [1.54, 1.807) is 18.2 Å². The number of phenolic OH excluding ortho intramolecular Hbond substituents is 2. The maximum atomic E-state index is 11.9. The van der Waals surface area contributed by atoms with Gasteiger partial charge in [0.05, 0.1) is 16.4 Å². The van der Waals surface area contributed by atoms with Gasteiger partial charge in [-0.3, -0.25) is 9.59 Å². The van der Waals surface area contributed by atoms with Gasteiger partial charge < -0.3 is 25.5 Å². The Hall–Kier alpha value is -3.06. The molecule has 0 radical (unpaired) electrons. The fraction of sp³-hybridized carbons (Fsp3) is 0.622. The van der Waals surface area contributed by atoms with Gasteiger partial charge in [-0.05, 0) is 133 Å². The Morgan fingerprint density at radius 1 is 0.659 bits per heavy atom. The van der Waals surface area contributed by atoms with Crippen molar-refractivity contribution in [2.75, 3.05) is 0 Å². The second kappa shape index (κ2) is 11.4. The average Bonchev–Trinajstić information content (AvgIpc) is 2.90. The third-order valence-electron chi connectivity index (χ3n) is 11.8. The van der Waals surface area contributed by atoms with Gasteiger partial charge in [0, 0.05) is 11.0 Å². The molecule has 7 heteroatoms. The highest BCUT2D eigenvalue weighted by Gasteiger charge is 2.62. The highest BCUT2D eigenvalue weighted by Crippen LogP contribution is 2.66. The van der Waals surface area contributed by atoms with Crippen LogP contribution in [0.3, 0.4) is 0 Å². The van der Waals surface area contributed by atoms with Crippen molar-refractivity contribution in [2.45, 2.75) is 109 Å². The van der Waals surface area contributed by atoms with E-state index in [4.69, 9.17) is 5.11 Å². The summed E-state index contributed by atoms with van der Waals surface area (Å²) in [7, 11) is 0. The number of rotatable bonds is 3. The van der Waals surface area contributed by atoms with E-state index in [1.165, 1.54) is 12.0 Å². The van der Waals surface area contributed by atoms with Crippen LogP contribution in [-0.2, 0) is 15.0 Å². The van der Waals surface area contributed by atoms with Crippen molar-refractivity contribution < 1.29 is 35.1 Å². The molecule has 0 aliphatic heterocycles. The summed E-state index contributed by atoms with van der Waals surface area (Å²) in [5, 5.41) is 48.5. The third kappa shape index (κ3) is 5.84. The highest BCUT2D eigenvalue weighted by atomic mass is 16.4. The number of carboxylic acids is 2. The molecular weight excluding hydrogens is 556 g/mol. The first-order valence-electron chi connectivity index (χ1n) is 16.0. The van der Waals surface area contributed by atoms with Crippen molar-refractivity contribution in [2.24, 2.45) is 34.5 Å². The van der Waals surface area contributed by atoms with Gasteiger partial charge in [0.1, 0.15) is 11.5 Å². The van der Waals surface area contributed by atoms with Crippen LogP contribution in [0.4, 0.5) is 0 Å². The first kappa shape index (κ1) is 32.3. The zero-order chi connectivity index (χ0) is 30.8. The number of aliphatic hydroxyl groups is 1. The van der Waals surface area contributed by atoms with Crippen molar-refractivity contribution in [3.05, 3.63) is 59.2 Å². The average molecular weight is 607 g/mol. The number of phenols is 2. The Morgan fingerprint density at radius 3 is 1.57 bits per heavy atom. The van der Waals surface area contributed by atoms with Gasteiger partial charge >= 0.3 is 11.9 Å². The van der Waals surface area contributed by atoms with Crippen LogP contribution in [0.25, 0.3) is 0 Å². The summed E-state index contributed by atoms with van der Waals surface area (Å²) in [5.41, 5.74) is 1.45. The number of carbonyl (C=O) groups is 2. The van der Waals surface area contributed by atoms with E-state index >= 15 is 0 Å². The molecule has 10 rings (SSSR count). The lowest BCUT2D eigenvalue weighted by atomic mass is 9.43. The number of carboxylic acid groups (broad SMARTS) is 2. The SMILES string of the molecule is C.Cc1ccc(O)c(C23CC4CC(CC(C(=O)O)(C4)C2)C3)c1.Cc1ccc(O)cc1.O=C(O)C12CC3CC(CC(O)(C3)C1)C2. The zero-order valence-electron chi connectivity index (χ0n) is 25.4. The summed E-state index contributed by atoms with van der Waals surface area (Å²) >= 11 is 0. The Bertz CT molecular complexity index is 1350. The van der Waals surface area contributed by atoms with Crippen molar-refractivity contribution in [1.82, 2.24) is 0 Å². The molecule has 0 heterocycles. The van der Waals surface area contributed by atoms with Crippen molar-refractivity contribution in [1.29, 1.82) is 0 Å². The van der Waals surface area contributed by atoms with E-state index in [-0.39, 0.29) is 12.8 Å². The number of aliphatic carboxylic acids is 2. The smallest absolute Gasteiger partial charge is 0.309 e. The number of hydrogen-bond acceptors (Lipinski definition) is 5. The van der Waals surface area contributed by atoms with Crippen LogP contribution < -0.4 is 0 Å². The molecule has 4 atom stereocenters. The molecule has 8 bridgehead atoms. The molecule has 8 aliphatic carbocycles. The monoisotopic (exact) mass is 606 g/mol. The minimum absolute atomic E-state index is 0. The molecule has 7 nitrogen and oxygen atoms in total. The molecule has 0 spiro atoms. The van der Waals surface area contributed by atoms with Gasteiger partial charge in [-0.1, -0.05) is 42.8 Å². The molecule has 5 N–H and O–H groups in total. The van der Waals surface area contributed by atoms with Gasteiger partial charge in [0.25, 0.3) is 0 Å².